The fourth-order valence-corrected chi connectivity index (χ4v) is 2.27. The van der Waals surface area contributed by atoms with Crippen LogP contribution in [0, 0.1) is 5.92 Å². The van der Waals surface area contributed by atoms with Crippen LogP contribution in [0.25, 0.3) is 0 Å². The van der Waals surface area contributed by atoms with Gasteiger partial charge in [0, 0.05) is 24.9 Å². The van der Waals surface area contributed by atoms with Gasteiger partial charge in [-0.1, -0.05) is 17.3 Å². The molecule has 1 saturated heterocycles. The minimum absolute atomic E-state index is 0.0219. The molecule has 1 aliphatic rings. The molecule has 3 N–H and O–H groups in total. The summed E-state index contributed by atoms with van der Waals surface area (Å²) in [6.07, 6.45) is 1.76. The van der Waals surface area contributed by atoms with E-state index in [1.807, 2.05) is 6.07 Å². The van der Waals surface area contributed by atoms with E-state index in [2.05, 4.69) is 5.16 Å². The fraction of sp³-hybridized carbons (Fsp3) is 0.429. The van der Waals surface area contributed by atoms with E-state index < -0.39 is 0 Å². The summed E-state index contributed by atoms with van der Waals surface area (Å²) in [6, 6.07) is 7.02. The third-order valence-electron chi connectivity index (χ3n) is 3.48. The van der Waals surface area contributed by atoms with Crippen LogP contribution in [0.2, 0.25) is 0 Å². The lowest BCUT2D eigenvalue weighted by Gasteiger charge is -2.26. The largest absolute Gasteiger partial charge is 0.409 e. The smallest absolute Gasteiger partial charge is 0.232 e. The van der Waals surface area contributed by atoms with Crippen LogP contribution in [0.3, 0.4) is 0 Å². The van der Waals surface area contributed by atoms with E-state index in [1.165, 1.54) is 0 Å². The van der Waals surface area contributed by atoms with E-state index in [4.69, 9.17) is 15.7 Å². The van der Waals surface area contributed by atoms with Crippen molar-refractivity contribution in [1.29, 1.82) is 0 Å². The lowest BCUT2D eigenvalue weighted by atomic mass is 10.0. The summed E-state index contributed by atoms with van der Waals surface area (Å²) in [5.41, 5.74) is 6.85. The Hall–Kier alpha value is -2.08. The topological polar surface area (TPSA) is 88.2 Å². The van der Waals surface area contributed by atoms with Gasteiger partial charge in [0.15, 0.2) is 5.84 Å². The minimum Gasteiger partial charge on any atom is -0.409 e. The number of benzene rings is 1. The highest BCUT2D eigenvalue weighted by Gasteiger charge is 2.25. The Morgan fingerprint density at radius 1 is 1.55 bits per heavy atom. The molecule has 1 fully saturated rings. The highest BCUT2D eigenvalue weighted by Crippen LogP contribution is 2.21. The number of amides is 1. The number of oxime groups is 1. The maximum absolute atomic E-state index is 12.4. The molecule has 0 bridgehead atoms. The van der Waals surface area contributed by atoms with Crippen LogP contribution in [0.15, 0.2) is 29.4 Å². The summed E-state index contributed by atoms with van der Waals surface area (Å²) < 4.78 is 5.35. The number of hydrogen-bond acceptors (Lipinski definition) is 4. The Kier molecular flexibility index (Phi) is 4.57. The first-order chi connectivity index (χ1) is 9.63. The van der Waals surface area contributed by atoms with Crippen LogP contribution >= 0.6 is 0 Å². The van der Waals surface area contributed by atoms with Crippen molar-refractivity contribution in [2.75, 3.05) is 25.2 Å². The average molecular weight is 277 g/mol. The number of carbonyl (C=O) groups is 1. The molecule has 0 aliphatic carbocycles. The standard InChI is InChI=1S/C14H19N3O3/c1-17(14(18)11-5-3-7-20-9-11)12-6-2-4-10(8-12)13(15)16-19/h2,4,6,8,11,19H,3,5,7,9H2,1H3,(H2,15,16). The zero-order valence-electron chi connectivity index (χ0n) is 11.5. The number of nitrogens with two attached hydrogens (primary N) is 1. The second kappa shape index (κ2) is 6.38. The van der Waals surface area contributed by atoms with Gasteiger partial charge < -0.3 is 20.6 Å². The van der Waals surface area contributed by atoms with Gasteiger partial charge in [-0.3, -0.25) is 4.79 Å². The van der Waals surface area contributed by atoms with Crippen LogP contribution in [-0.2, 0) is 9.53 Å². The first-order valence-electron chi connectivity index (χ1n) is 6.56. The summed E-state index contributed by atoms with van der Waals surface area (Å²) in [7, 11) is 1.72. The maximum Gasteiger partial charge on any atom is 0.232 e. The van der Waals surface area contributed by atoms with Crippen molar-refractivity contribution in [2.24, 2.45) is 16.8 Å². The predicted octanol–water partition coefficient (Wildman–Crippen LogP) is 1.17. The zero-order chi connectivity index (χ0) is 14.5. The maximum atomic E-state index is 12.4. The predicted molar refractivity (Wildman–Crippen MR) is 75.9 cm³/mol. The molecular formula is C14H19N3O3. The van der Waals surface area contributed by atoms with E-state index in [1.54, 1.807) is 30.1 Å². The average Bonchev–Trinajstić information content (AvgIpc) is 2.53. The molecule has 1 unspecified atom stereocenters. The van der Waals surface area contributed by atoms with Crippen molar-refractivity contribution >= 4 is 17.4 Å². The summed E-state index contributed by atoms with van der Waals surface area (Å²) in [5, 5.41) is 11.7. The lowest BCUT2D eigenvalue weighted by Crippen LogP contribution is -2.37. The SMILES string of the molecule is CN(C(=O)C1CCCOC1)c1cccc(C(N)=NO)c1. The summed E-state index contributed by atoms with van der Waals surface area (Å²) >= 11 is 0. The van der Waals surface area contributed by atoms with Crippen molar-refractivity contribution in [2.45, 2.75) is 12.8 Å². The van der Waals surface area contributed by atoms with Gasteiger partial charge >= 0.3 is 0 Å². The van der Waals surface area contributed by atoms with Gasteiger partial charge in [-0.2, -0.15) is 0 Å². The second-order valence-electron chi connectivity index (χ2n) is 4.85. The van der Waals surface area contributed by atoms with Crippen LogP contribution in [-0.4, -0.2) is 37.2 Å². The number of nitrogens with zero attached hydrogens (tertiary/aromatic N) is 2. The van der Waals surface area contributed by atoms with Gasteiger partial charge in [0.2, 0.25) is 5.91 Å². The van der Waals surface area contributed by atoms with Crippen molar-refractivity contribution < 1.29 is 14.7 Å². The first-order valence-corrected chi connectivity index (χ1v) is 6.56. The van der Waals surface area contributed by atoms with Gasteiger partial charge in [0.1, 0.15) is 0 Å². The van der Waals surface area contributed by atoms with E-state index >= 15 is 0 Å². The van der Waals surface area contributed by atoms with Crippen LogP contribution in [0.5, 0.6) is 0 Å². The molecule has 0 aromatic heterocycles. The molecule has 6 nitrogen and oxygen atoms in total. The third-order valence-corrected chi connectivity index (χ3v) is 3.48. The molecule has 0 saturated carbocycles. The molecule has 1 aliphatic heterocycles. The van der Waals surface area contributed by atoms with E-state index in [-0.39, 0.29) is 17.7 Å². The molecule has 1 aromatic carbocycles. The number of rotatable bonds is 3. The Balaban J connectivity index is 2.15. The van der Waals surface area contributed by atoms with E-state index in [0.717, 1.165) is 19.4 Å². The van der Waals surface area contributed by atoms with Gasteiger partial charge in [0.25, 0.3) is 0 Å². The van der Waals surface area contributed by atoms with Crippen LogP contribution < -0.4 is 10.6 Å². The Morgan fingerprint density at radius 2 is 2.35 bits per heavy atom. The number of ether oxygens (including phenoxy) is 1. The monoisotopic (exact) mass is 277 g/mol. The molecule has 0 radical (unpaired) electrons. The summed E-state index contributed by atoms with van der Waals surface area (Å²) in [5.74, 6) is -0.0451. The van der Waals surface area contributed by atoms with Crippen LogP contribution in [0.4, 0.5) is 5.69 Å². The molecule has 1 heterocycles. The van der Waals surface area contributed by atoms with E-state index in [0.29, 0.717) is 17.9 Å². The number of amidine groups is 1. The molecule has 2 rings (SSSR count). The Morgan fingerprint density at radius 3 is 3.00 bits per heavy atom. The number of carbonyl (C=O) groups excluding carboxylic acids is 1. The highest BCUT2D eigenvalue weighted by atomic mass is 16.5. The first kappa shape index (κ1) is 14.3. The summed E-state index contributed by atoms with van der Waals surface area (Å²) in [6.45, 7) is 1.20. The van der Waals surface area contributed by atoms with Gasteiger partial charge in [-0.15, -0.1) is 0 Å². The number of anilines is 1. The second-order valence-corrected chi connectivity index (χ2v) is 4.85. The molecule has 1 amide bonds. The molecular weight excluding hydrogens is 258 g/mol. The fourth-order valence-electron chi connectivity index (χ4n) is 2.27. The molecule has 108 valence electrons. The number of hydrogen-bond donors (Lipinski definition) is 2. The molecule has 1 atom stereocenters. The van der Waals surface area contributed by atoms with Crippen molar-refractivity contribution in [3.05, 3.63) is 29.8 Å². The van der Waals surface area contributed by atoms with Crippen LogP contribution in [0.1, 0.15) is 18.4 Å². The third kappa shape index (κ3) is 3.08. The quantitative estimate of drug-likeness (QED) is 0.376. The molecule has 20 heavy (non-hydrogen) atoms. The van der Waals surface area contributed by atoms with E-state index in [9.17, 15) is 4.79 Å². The highest BCUT2D eigenvalue weighted by molar-refractivity contribution is 6.00. The molecule has 0 spiro atoms. The van der Waals surface area contributed by atoms with Gasteiger partial charge in [-0.25, -0.2) is 0 Å². The lowest BCUT2D eigenvalue weighted by molar-refractivity contribution is -0.125. The normalized spacial score (nSPS) is 19.6. The Bertz CT molecular complexity index is 510. The Labute approximate surface area is 117 Å². The van der Waals surface area contributed by atoms with Crippen molar-refractivity contribution in [3.63, 3.8) is 0 Å². The van der Waals surface area contributed by atoms with Crippen molar-refractivity contribution in [1.82, 2.24) is 0 Å². The van der Waals surface area contributed by atoms with Crippen molar-refractivity contribution in [3.8, 4) is 0 Å². The summed E-state index contributed by atoms with van der Waals surface area (Å²) in [4.78, 5) is 14.0. The van der Waals surface area contributed by atoms with Gasteiger partial charge in [0.05, 0.1) is 12.5 Å². The molecule has 6 heteroatoms. The molecule has 1 aromatic rings. The zero-order valence-corrected chi connectivity index (χ0v) is 11.5. The van der Waals surface area contributed by atoms with Gasteiger partial charge in [-0.05, 0) is 25.0 Å². The minimum atomic E-state index is -0.0961.